The highest BCUT2D eigenvalue weighted by Gasteiger charge is 2.21. The zero-order valence-electron chi connectivity index (χ0n) is 11.6. The molecule has 0 saturated heterocycles. The number of hydrogen-bond donors (Lipinski definition) is 1. The summed E-state index contributed by atoms with van der Waals surface area (Å²) < 4.78 is 11.4. The summed E-state index contributed by atoms with van der Waals surface area (Å²) in [4.78, 5) is 0. The van der Waals surface area contributed by atoms with Crippen molar-refractivity contribution in [2.45, 2.75) is 39.2 Å². The minimum atomic E-state index is 0.448. The SMILES string of the molecule is CCOc1cc2c(cc1OCC)C(NC)CCC2. The van der Waals surface area contributed by atoms with Crippen LogP contribution in [-0.4, -0.2) is 20.3 Å². The highest BCUT2D eigenvalue weighted by Crippen LogP contribution is 2.38. The van der Waals surface area contributed by atoms with E-state index in [0.717, 1.165) is 17.9 Å². The molecule has 0 saturated carbocycles. The number of fused-ring (bicyclic) bond motifs is 1. The van der Waals surface area contributed by atoms with E-state index in [1.54, 1.807) is 0 Å². The number of hydrogen-bond acceptors (Lipinski definition) is 3. The highest BCUT2D eigenvalue weighted by molar-refractivity contribution is 5.49. The van der Waals surface area contributed by atoms with Gasteiger partial charge in [0.15, 0.2) is 11.5 Å². The van der Waals surface area contributed by atoms with Crippen LogP contribution in [0.15, 0.2) is 12.1 Å². The Morgan fingerprint density at radius 3 is 2.44 bits per heavy atom. The first kappa shape index (κ1) is 13.2. The molecule has 1 aliphatic rings. The van der Waals surface area contributed by atoms with Crippen molar-refractivity contribution < 1.29 is 9.47 Å². The lowest BCUT2D eigenvalue weighted by Crippen LogP contribution is -2.21. The fourth-order valence-electron chi connectivity index (χ4n) is 2.65. The van der Waals surface area contributed by atoms with Gasteiger partial charge < -0.3 is 14.8 Å². The first-order valence-electron chi connectivity index (χ1n) is 6.89. The predicted octanol–water partition coefficient (Wildman–Crippen LogP) is 3.08. The standard InChI is InChI=1S/C15H23NO2/c1-4-17-14-9-11-7-6-8-13(16-3)12(11)10-15(14)18-5-2/h9-10,13,16H,4-8H2,1-3H3. The summed E-state index contributed by atoms with van der Waals surface area (Å²) in [5.74, 6) is 1.76. The lowest BCUT2D eigenvalue weighted by atomic mass is 9.87. The van der Waals surface area contributed by atoms with Crippen LogP contribution >= 0.6 is 0 Å². The number of rotatable bonds is 5. The molecular formula is C15H23NO2. The summed E-state index contributed by atoms with van der Waals surface area (Å²) in [5.41, 5.74) is 2.77. The number of ether oxygens (including phenoxy) is 2. The molecule has 1 aromatic rings. The normalized spacial score (nSPS) is 18.3. The molecule has 0 radical (unpaired) electrons. The summed E-state index contributed by atoms with van der Waals surface area (Å²) >= 11 is 0. The third-order valence-electron chi connectivity index (χ3n) is 3.47. The Hall–Kier alpha value is -1.22. The van der Waals surface area contributed by atoms with Gasteiger partial charge in [0.1, 0.15) is 0 Å². The molecule has 0 heterocycles. The first-order valence-corrected chi connectivity index (χ1v) is 6.89. The summed E-state index contributed by atoms with van der Waals surface area (Å²) in [5, 5.41) is 3.38. The van der Waals surface area contributed by atoms with Gasteiger partial charge >= 0.3 is 0 Å². The molecule has 1 aromatic carbocycles. The van der Waals surface area contributed by atoms with Gasteiger partial charge in [-0.1, -0.05) is 0 Å². The zero-order chi connectivity index (χ0) is 13.0. The monoisotopic (exact) mass is 249 g/mol. The quantitative estimate of drug-likeness (QED) is 0.870. The number of aryl methyl sites for hydroxylation is 1. The Balaban J connectivity index is 2.39. The van der Waals surface area contributed by atoms with E-state index < -0.39 is 0 Å². The van der Waals surface area contributed by atoms with Crippen molar-refractivity contribution in [1.82, 2.24) is 5.32 Å². The van der Waals surface area contributed by atoms with E-state index in [-0.39, 0.29) is 0 Å². The lowest BCUT2D eigenvalue weighted by molar-refractivity contribution is 0.286. The second-order valence-electron chi connectivity index (χ2n) is 4.60. The third kappa shape index (κ3) is 2.61. The Kier molecular flexibility index (Phi) is 4.48. The average molecular weight is 249 g/mol. The van der Waals surface area contributed by atoms with Gasteiger partial charge in [0.05, 0.1) is 13.2 Å². The van der Waals surface area contributed by atoms with Gasteiger partial charge in [-0.2, -0.15) is 0 Å². The van der Waals surface area contributed by atoms with Crippen molar-refractivity contribution >= 4 is 0 Å². The van der Waals surface area contributed by atoms with Crippen LogP contribution in [0.25, 0.3) is 0 Å². The molecule has 1 atom stereocenters. The van der Waals surface area contributed by atoms with Crippen molar-refractivity contribution in [2.24, 2.45) is 0 Å². The molecule has 18 heavy (non-hydrogen) atoms. The Morgan fingerprint density at radius 2 is 1.83 bits per heavy atom. The van der Waals surface area contributed by atoms with Gasteiger partial charge in [0, 0.05) is 6.04 Å². The maximum Gasteiger partial charge on any atom is 0.161 e. The van der Waals surface area contributed by atoms with Gasteiger partial charge in [0.2, 0.25) is 0 Å². The van der Waals surface area contributed by atoms with E-state index >= 15 is 0 Å². The van der Waals surface area contributed by atoms with Crippen LogP contribution < -0.4 is 14.8 Å². The Morgan fingerprint density at radius 1 is 1.17 bits per heavy atom. The van der Waals surface area contributed by atoms with E-state index in [2.05, 4.69) is 17.4 Å². The molecule has 1 aliphatic carbocycles. The largest absolute Gasteiger partial charge is 0.490 e. The van der Waals surface area contributed by atoms with Gasteiger partial charge in [-0.3, -0.25) is 0 Å². The lowest BCUT2D eigenvalue weighted by Gasteiger charge is -2.26. The number of benzene rings is 1. The maximum atomic E-state index is 5.70. The predicted molar refractivity (Wildman–Crippen MR) is 73.5 cm³/mol. The molecule has 0 aromatic heterocycles. The fourth-order valence-corrected chi connectivity index (χ4v) is 2.65. The summed E-state index contributed by atoms with van der Waals surface area (Å²) in [6.45, 7) is 5.35. The van der Waals surface area contributed by atoms with Crippen LogP contribution in [0, 0.1) is 0 Å². The topological polar surface area (TPSA) is 30.5 Å². The third-order valence-corrected chi connectivity index (χ3v) is 3.47. The molecule has 1 N–H and O–H groups in total. The maximum absolute atomic E-state index is 5.70. The highest BCUT2D eigenvalue weighted by atomic mass is 16.5. The Labute approximate surface area is 109 Å². The Bertz CT molecular complexity index is 404. The van der Waals surface area contributed by atoms with Crippen LogP contribution in [-0.2, 0) is 6.42 Å². The molecule has 3 nitrogen and oxygen atoms in total. The zero-order valence-corrected chi connectivity index (χ0v) is 11.6. The van der Waals surface area contributed by atoms with Crippen molar-refractivity contribution in [1.29, 1.82) is 0 Å². The van der Waals surface area contributed by atoms with Crippen LogP contribution in [0.1, 0.15) is 43.9 Å². The molecule has 0 aliphatic heterocycles. The molecular weight excluding hydrogens is 226 g/mol. The molecule has 2 rings (SSSR count). The molecule has 3 heteroatoms. The molecule has 0 amide bonds. The van der Waals surface area contributed by atoms with Gasteiger partial charge in [-0.25, -0.2) is 0 Å². The van der Waals surface area contributed by atoms with Crippen LogP contribution in [0.2, 0.25) is 0 Å². The second kappa shape index (κ2) is 6.10. The van der Waals surface area contributed by atoms with Crippen LogP contribution in [0.3, 0.4) is 0 Å². The molecule has 100 valence electrons. The van der Waals surface area contributed by atoms with Gasteiger partial charge in [-0.15, -0.1) is 0 Å². The summed E-state index contributed by atoms with van der Waals surface area (Å²) in [6.07, 6.45) is 3.57. The molecule has 1 unspecified atom stereocenters. The van der Waals surface area contributed by atoms with Crippen molar-refractivity contribution in [3.63, 3.8) is 0 Å². The van der Waals surface area contributed by atoms with Crippen molar-refractivity contribution in [3.05, 3.63) is 23.3 Å². The minimum Gasteiger partial charge on any atom is -0.490 e. The molecule has 0 spiro atoms. The second-order valence-corrected chi connectivity index (χ2v) is 4.60. The molecule has 0 bridgehead atoms. The number of nitrogens with one attached hydrogen (secondary N) is 1. The van der Waals surface area contributed by atoms with Crippen LogP contribution in [0.4, 0.5) is 0 Å². The fraction of sp³-hybridized carbons (Fsp3) is 0.600. The average Bonchev–Trinajstić information content (AvgIpc) is 2.39. The first-order chi connectivity index (χ1) is 8.80. The van der Waals surface area contributed by atoms with E-state index in [9.17, 15) is 0 Å². The summed E-state index contributed by atoms with van der Waals surface area (Å²) in [6, 6.07) is 4.76. The van der Waals surface area contributed by atoms with Crippen LogP contribution in [0.5, 0.6) is 11.5 Å². The van der Waals surface area contributed by atoms with Crippen molar-refractivity contribution in [2.75, 3.05) is 20.3 Å². The van der Waals surface area contributed by atoms with E-state index in [0.29, 0.717) is 19.3 Å². The smallest absolute Gasteiger partial charge is 0.161 e. The summed E-state index contributed by atoms with van der Waals surface area (Å²) in [7, 11) is 2.02. The minimum absolute atomic E-state index is 0.448. The van der Waals surface area contributed by atoms with E-state index in [1.807, 2.05) is 20.9 Å². The van der Waals surface area contributed by atoms with E-state index in [4.69, 9.17) is 9.47 Å². The van der Waals surface area contributed by atoms with Gasteiger partial charge in [-0.05, 0) is 63.4 Å². The van der Waals surface area contributed by atoms with Gasteiger partial charge in [0.25, 0.3) is 0 Å². The van der Waals surface area contributed by atoms with Crippen molar-refractivity contribution in [3.8, 4) is 11.5 Å². The molecule has 0 fully saturated rings. The van der Waals surface area contributed by atoms with E-state index in [1.165, 1.54) is 24.0 Å².